The number of aromatic nitrogens is 7. The number of rotatable bonds is 4. The lowest BCUT2D eigenvalue weighted by atomic mass is 10.2. The molecule has 2 aromatic heterocycles. The topological polar surface area (TPSA) is 114 Å². The van der Waals surface area contributed by atoms with Gasteiger partial charge in [0.2, 0.25) is 0 Å². The van der Waals surface area contributed by atoms with Gasteiger partial charge in [-0.15, -0.1) is 5.10 Å². The summed E-state index contributed by atoms with van der Waals surface area (Å²) in [7, 11) is 0. The molecule has 1 unspecified atom stereocenters. The fourth-order valence-electron chi connectivity index (χ4n) is 1.94. The molecule has 0 radical (unpaired) electrons. The Kier molecular flexibility index (Phi) is 3.60. The molecule has 0 fully saturated rings. The Morgan fingerprint density at radius 3 is 2.68 bits per heavy atom. The predicted octanol–water partition coefficient (Wildman–Crippen LogP) is 0.580. The fraction of sp³-hybridized carbons (Fsp3) is 0.231. The van der Waals surface area contributed by atoms with Gasteiger partial charge in [0.15, 0.2) is 5.82 Å². The molecular formula is C13H14N8O. The summed E-state index contributed by atoms with van der Waals surface area (Å²) in [4.78, 5) is 16.4. The first-order valence-corrected chi connectivity index (χ1v) is 6.66. The maximum absolute atomic E-state index is 12.2. The molecule has 0 spiro atoms. The third-order valence-corrected chi connectivity index (χ3v) is 3.09. The largest absolute Gasteiger partial charge is 0.342 e. The number of benzene rings is 1. The number of nitrogens with one attached hydrogen (secondary N) is 2. The van der Waals surface area contributed by atoms with E-state index in [0.29, 0.717) is 17.2 Å². The van der Waals surface area contributed by atoms with Crippen LogP contribution in [0.2, 0.25) is 0 Å². The smallest absolute Gasteiger partial charge is 0.251 e. The van der Waals surface area contributed by atoms with Gasteiger partial charge >= 0.3 is 0 Å². The number of tetrazole rings is 1. The van der Waals surface area contributed by atoms with Crippen molar-refractivity contribution >= 4 is 5.91 Å². The highest BCUT2D eigenvalue weighted by Gasteiger charge is 2.15. The lowest BCUT2D eigenvalue weighted by Gasteiger charge is -2.10. The van der Waals surface area contributed by atoms with Gasteiger partial charge in [-0.1, -0.05) is 0 Å². The number of hydrogen-bond acceptors (Lipinski definition) is 6. The van der Waals surface area contributed by atoms with Gasteiger partial charge in [0.1, 0.15) is 12.2 Å². The number of aryl methyl sites for hydroxylation is 1. The van der Waals surface area contributed by atoms with Crippen molar-refractivity contribution in [2.24, 2.45) is 0 Å². The van der Waals surface area contributed by atoms with Crippen LogP contribution in [0.15, 0.2) is 30.6 Å². The zero-order valence-electron chi connectivity index (χ0n) is 12.1. The maximum atomic E-state index is 12.2. The number of aromatic amines is 1. The van der Waals surface area contributed by atoms with Gasteiger partial charge in [-0.05, 0) is 48.5 Å². The molecule has 0 aliphatic carbocycles. The van der Waals surface area contributed by atoms with E-state index in [0.717, 1.165) is 5.69 Å². The van der Waals surface area contributed by atoms with Crippen molar-refractivity contribution in [2.75, 3.05) is 0 Å². The van der Waals surface area contributed by atoms with Crippen molar-refractivity contribution in [3.8, 4) is 5.69 Å². The molecule has 22 heavy (non-hydrogen) atoms. The molecule has 2 N–H and O–H groups in total. The van der Waals surface area contributed by atoms with Crippen LogP contribution in [0, 0.1) is 6.92 Å². The Labute approximate surface area is 125 Å². The highest BCUT2D eigenvalue weighted by atomic mass is 16.1. The summed E-state index contributed by atoms with van der Waals surface area (Å²) in [5.41, 5.74) is 1.31. The van der Waals surface area contributed by atoms with E-state index in [2.05, 4.69) is 36.0 Å². The first kappa shape index (κ1) is 13.9. The van der Waals surface area contributed by atoms with Crippen molar-refractivity contribution in [3.05, 3.63) is 47.8 Å². The molecule has 0 aliphatic rings. The molecule has 0 bridgehead atoms. The summed E-state index contributed by atoms with van der Waals surface area (Å²) in [5.74, 6) is 1.07. The molecule has 112 valence electrons. The average molecular weight is 298 g/mol. The van der Waals surface area contributed by atoms with E-state index < -0.39 is 0 Å². The minimum absolute atomic E-state index is 0.196. The fourth-order valence-corrected chi connectivity index (χ4v) is 1.94. The summed E-state index contributed by atoms with van der Waals surface area (Å²) in [6, 6.07) is 6.68. The van der Waals surface area contributed by atoms with Crippen molar-refractivity contribution in [1.29, 1.82) is 0 Å². The van der Waals surface area contributed by atoms with Crippen LogP contribution in [0.1, 0.15) is 35.0 Å². The van der Waals surface area contributed by atoms with Crippen LogP contribution in [0.4, 0.5) is 0 Å². The third kappa shape index (κ3) is 2.82. The Morgan fingerprint density at radius 2 is 2.09 bits per heavy atom. The summed E-state index contributed by atoms with van der Waals surface area (Å²) < 4.78 is 1.51. The standard InChI is InChI=1S/C13H14N8O/c1-8(12-16-9(2)17-18-12)15-13(22)10-3-5-11(6-4-10)21-7-14-19-20-21/h3-8H,1-2H3,(H,15,22)(H,16,17,18). The monoisotopic (exact) mass is 298 g/mol. The second-order valence-corrected chi connectivity index (χ2v) is 4.78. The van der Waals surface area contributed by atoms with E-state index in [1.807, 2.05) is 13.8 Å². The molecule has 1 amide bonds. The SMILES string of the molecule is Cc1nc(C(C)NC(=O)c2ccc(-n3cnnn3)cc2)n[nH]1. The van der Waals surface area contributed by atoms with E-state index in [1.54, 1.807) is 24.3 Å². The van der Waals surface area contributed by atoms with Gasteiger partial charge in [-0.25, -0.2) is 9.67 Å². The molecule has 0 saturated carbocycles. The number of carbonyl (C=O) groups is 1. The number of H-pyrrole nitrogens is 1. The molecule has 0 aliphatic heterocycles. The highest BCUT2D eigenvalue weighted by Crippen LogP contribution is 2.11. The van der Waals surface area contributed by atoms with Crippen LogP contribution in [0.25, 0.3) is 5.69 Å². The zero-order valence-corrected chi connectivity index (χ0v) is 12.1. The second kappa shape index (κ2) is 5.72. The molecule has 1 aromatic carbocycles. The lowest BCUT2D eigenvalue weighted by molar-refractivity contribution is 0.0938. The zero-order chi connectivity index (χ0) is 15.5. The van der Waals surface area contributed by atoms with Gasteiger partial charge < -0.3 is 5.32 Å². The maximum Gasteiger partial charge on any atom is 0.251 e. The molecule has 1 atom stereocenters. The highest BCUT2D eigenvalue weighted by molar-refractivity contribution is 5.94. The molecule has 3 rings (SSSR count). The van der Waals surface area contributed by atoms with Crippen LogP contribution >= 0.6 is 0 Å². The molecule has 3 aromatic rings. The number of nitrogens with zero attached hydrogens (tertiary/aromatic N) is 6. The van der Waals surface area contributed by atoms with Gasteiger partial charge in [0.25, 0.3) is 5.91 Å². The summed E-state index contributed by atoms with van der Waals surface area (Å²) in [5, 5.41) is 20.6. The average Bonchev–Trinajstić information content (AvgIpc) is 3.18. The number of carbonyl (C=O) groups excluding carboxylic acids is 1. The van der Waals surface area contributed by atoms with E-state index in [1.165, 1.54) is 11.0 Å². The molecular weight excluding hydrogens is 284 g/mol. The van der Waals surface area contributed by atoms with Crippen LogP contribution in [0.5, 0.6) is 0 Å². The van der Waals surface area contributed by atoms with E-state index >= 15 is 0 Å². The minimum Gasteiger partial charge on any atom is -0.342 e. The molecule has 9 heteroatoms. The predicted molar refractivity (Wildman–Crippen MR) is 76.2 cm³/mol. The third-order valence-electron chi connectivity index (χ3n) is 3.09. The van der Waals surface area contributed by atoms with Crippen LogP contribution < -0.4 is 5.32 Å². The van der Waals surface area contributed by atoms with Crippen LogP contribution in [-0.2, 0) is 0 Å². The van der Waals surface area contributed by atoms with Gasteiger partial charge in [0.05, 0.1) is 11.7 Å². The Morgan fingerprint density at radius 1 is 1.32 bits per heavy atom. The second-order valence-electron chi connectivity index (χ2n) is 4.78. The van der Waals surface area contributed by atoms with E-state index in [9.17, 15) is 4.79 Å². The van der Waals surface area contributed by atoms with Crippen LogP contribution in [-0.4, -0.2) is 41.3 Å². The van der Waals surface area contributed by atoms with Gasteiger partial charge in [-0.2, -0.15) is 5.10 Å². The number of amides is 1. The number of hydrogen-bond donors (Lipinski definition) is 2. The minimum atomic E-state index is -0.281. The first-order chi connectivity index (χ1) is 10.6. The Balaban J connectivity index is 1.70. The normalized spacial score (nSPS) is 12.1. The van der Waals surface area contributed by atoms with Gasteiger partial charge in [0, 0.05) is 5.56 Å². The lowest BCUT2D eigenvalue weighted by Crippen LogP contribution is -2.27. The summed E-state index contributed by atoms with van der Waals surface area (Å²) >= 11 is 0. The summed E-state index contributed by atoms with van der Waals surface area (Å²) in [6.45, 7) is 3.64. The van der Waals surface area contributed by atoms with Crippen molar-refractivity contribution in [3.63, 3.8) is 0 Å². The van der Waals surface area contributed by atoms with Crippen molar-refractivity contribution in [1.82, 2.24) is 40.7 Å². The van der Waals surface area contributed by atoms with Crippen molar-refractivity contribution in [2.45, 2.75) is 19.9 Å². The Bertz CT molecular complexity index is 762. The first-order valence-electron chi connectivity index (χ1n) is 6.66. The quantitative estimate of drug-likeness (QED) is 0.728. The molecule has 2 heterocycles. The van der Waals surface area contributed by atoms with Crippen LogP contribution in [0.3, 0.4) is 0 Å². The Hall–Kier alpha value is -3.10. The molecule has 9 nitrogen and oxygen atoms in total. The van der Waals surface area contributed by atoms with Gasteiger partial charge in [-0.3, -0.25) is 9.89 Å². The van der Waals surface area contributed by atoms with Crippen molar-refractivity contribution < 1.29 is 4.79 Å². The van der Waals surface area contributed by atoms with E-state index in [-0.39, 0.29) is 11.9 Å². The summed E-state index contributed by atoms with van der Waals surface area (Å²) in [6.07, 6.45) is 1.49. The molecule has 0 saturated heterocycles. The van der Waals surface area contributed by atoms with E-state index in [4.69, 9.17) is 0 Å².